The fraction of sp³-hybridized carbons (Fsp3) is 0.316. The van der Waals surface area contributed by atoms with Crippen LogP contribution in [0.15, 0.2) is 54.2 Å². The molecule has 1 aromatic carbocycles. The van der Waals surface area contributed by atoms with Crippen LogP contribution >= 0.6 is 24.8 Å². The highest BCUT2D eigenvalue weighted by atomic mass is 35.5. The number of aryl methyl sites for hydroxylation is 1. The molecule has 1 nitrogen and oxygen atoms in total. The number of hydrogen-bond acceptors (Lipinski definition) is 1. The van der Waals surface area contributed by atoms with Crippen molar-refractivity contribution in [3.63, 3.8) is 0 Å². The van der Waals surface area contributed by atoms with E-state index in [0.717, 1.165) is 12.8 Å². The van der Waals surface area contributed by atoms with Gasteiger partial charge in [0.1, 0.15) is 0 Å². The zero-order valence-corrected chi connectivity index (χ0v) is 16.6. The molecule has 0 saturated heterocycles. The molecule has 0 aliphatic heterocycles. The standard InChI is InChI=1S/C19H23NSi.2ClH/c1-21(2,3)19-16(11-12-17-9-6-7-13-20-17)14-15-8-4-5-10-18(15)19;;/h4-10,13-14,19H,11-12H2,1-3H3;2*1H. The summed E-state index contributed by atoms with van der Waals surface area (Å²) < 4.78 is 0. The second-order valence-electron chi connectivity index (χ2n) is 6.97. The van der Waals surface area contributed by atoms with E-state index in [2.05, 4.69) is 67.1 Å². The predicted molar refractivity (Wildman–Crippen MR) is 108 cm³/mol. The van der Waals surface area contributed by atoms with Crippen LogP contribution in [0.25, 0.3) is 6.08 Å². The first-order chi connectivity index (χ1) is 10.1. The van der Waals surface area contributed by atoms with E-state index in [1.165, 1.54) is 11.3 Å². The summed E-state index contributed by atoms with van der Waals surface area (Å²) in [5.74, 6) is 0. The minimum absolute atomic E-state index is 0. The first kappa shape index (κ1) is 20.0. The molecule has 0 fully saturated rings. The molecule has 0 spiro atoms. The van der Waals surface area contributed by atoms with Gasteiger partial charge in [0.2, 0.25) is 0 Å². The van der Waals surface area contributed by atoms with Gasteiger partial charge < -0.3 is 0 Å². The third-order valence-corrected chi connectivity index (χ3v) is 6.69. The molecule has 4 heteroatoms. The van der Waals surface area contributed by atoms with Crippen molar-refractivity contribution < 1.29 is 0 Å². The second kappa shape index (κ2) is 8.14. The van der Waals surface area contributed by atoms with Crippen LogP contribution in [0.2, 0.25) is 19.6 Å². The lowest BCUT2D eigenvalue weighted by molar-refractivity contribution is 0.861. The van der Waals surface area contributed by atoms with Crippen LogP contribution in [0.1, 0.15) is 28.8 Å². The van der Waals surface area contributed by atoms with Gasteiger partial charge in [0.25, 0.3) is 0 Å². The maximum atomic E-state index is 4.46. The van der Waals surface area contributed by atoms with E-state index in [1.807, 2.05) is 12.3 Å². The summed E-state index contributed by atoms with van der Waals surface area (Å²) in [7, 11) is -1.27. The molecular formula is C19H25Cl2NSi. The largest absolute Gasteiger partial charge is 0.261 e. The summed E-state index contributed by atoms with van der Waals surface area (Å²) >= 11 is 0. The maximum absolute atomic E-state index is 4.46. The third-order valence-electron chi connectivity index (χ3n) is 4.28. The molecule has 1 heterocycles. The Hall–Kier alpha value is -1.09. The molecule has 3 rings (SSSR count). The van der Waals surface area contributed by atoms with Crippen LogP contribution in [-0.2, 0) is 6.42 Å². The van der Waals surface area contributed by atoms with Crippen LogP contribution in [0, 0.1) is 0 Å². The fourth-order valence-corrected chi connectivity index (χ4v) is 5.98. The van der Waals surface area contributed by atoms with Gasteiger partial charge in [0.05, 0.1) is 8.07 Å². The third kappa shape index (κ3) is 4.47. The van der Waals surface area contributed by atoms with E-state index in [-0.39, 0.29) is 24.8 Å². The molecule has 0 radical (unpaired) electrons. The Bertz CT molecular complexity index is 663. The Labute approximate surface area is 153 Å². The maximum Gasteiger partial charge on any atom is 0.0569 e. The molecular weight excluding hydrogens is 341 g/mol. The van der Waals surface area contributed by atoms with Crippen LogP contribution in [0.5, 0.6) is 0 Å². The lowest BCUT2D eigenvalue weighted by Gasteiger charge is -2.29. The van der Waals surface area contributed by atoms with Crippen molar-refractivity contribution in [1.82, 2.24) is 4.98 Å². The van der Waals surface area contributed by atoms with Crippen LogP contribution in [-0.4, -0.2) is 13.1 Å². The van der Waals surface area contributed by atoms with E-state index >= 15 is 0 Å². The lowest BCUT2D eigenvalue weighted by Crippen LogP contribution is -2.31. The summed E-state index contributed by atoms with van der Waals surface area (Å²) in [5.41, 5.74) is 6.45. The van der Waals surface area contributed by atoms with Crippen LogP contribution < -0.4 is 0 Å². The van der Waals surface area contributed by atoms with E-state index in [9.17, 15) is 0 Å². The Kier molecular flexibility index (Phi) is 7.06. The van der Waals surface area contributed by atoms with Gasteiger partial charge in [-0.15, -0.1) is 24.8 Å². The zero-order valence-electron chi connectivity index (χ0n) is 14.0. The minimum Gasteiger partial charge on any atom is -0.261 e. The normalized spacial score (nSPS) is 16.0. The Balaban J connectivity index is 0.00000132. The molecule has 124 valence electrons. The molecule has 0 saturated carbocycles. The number of rotatable bonds is 4. The molecule has 0 bridgehead atoms. The SMILES string of the molecule is C[Si](C)(C)C1C(CCc2ccccn2)=Cc2ccccc21.Cl.Cl. The van der Waals surface area contributed by atoms with Crippen molar-refractivity contribution in [2.75, 3.05) is 0 Å². The van der Waals surface area contributed by atoms with E-state index in [0.29, 0.717) is 5.54 Å². The molecule has 1 aliphatic rings. The molecule has 2 aromatic rings. The number of allylic oxidation sites excluding steroid dienone is 1. The predicted octanol–water partition coefficient (Wildman–Crippen LogP) is 5.92. The average Bonchev–Trinajstić information content (AvgIpc) is 2.84. The monoisotopic (exact) mass is 365 g/mol. The fourth-order valence-electron chi connectivity index (χ4n) is 3.45. The first-order valence-electron chi connectivity index (χ1n) is 7.75. The number of nitrogens with zero attached hydrogens (tertiary/aromatic N) is 1. The Morgan fingerprint density at radius 2 is 1.61 bits per heavy atom. The van der Waals surface area contributed by atoms with Crippen LogP contribution in [0.4, 0.5) is 0 Å². The molecule has 1 aliphatic carbocycles. The second-order valence-corrected chi connectivity index (χ2v) is 12.3. The highest BCUT2D eigenvalue weighted by Crippen LogP contribution is 2.43. The number of benzene rings is 1. The summed E-state index contributed by atoms with van der Waals surface area (Å²) in [4.78, 5) is 4.46. The van der Waals surface area contributed by atoms with Crippen molar-refractivity contribution in [3.05, 3.63) is 71.1 Å². The van der Waals surface area contributed by atoms with Crippen molar-refractivity contribution >= 4 is 39.0 Å². The van der Waals surface area contributed by atoms with Gasteiger partial charge in [-0.1, -0.05) is 61.6 Å². The molecule has 1 unspecified atom stereocenters. The summed E-state index contributed by atoms with van der Waals surface area (Å²) in [5, 5.41) is 0. The van der Waals surface area contributed by atoms with Gasteiger partial charge in [-0.3, -0.25) is 4.98 Å². The van der Waals surface area contributed by atoms with E-state index in [4.69, 9.17) is 0 Å². The van der Waals surface area contributed by atoms with Gasteiger partial charge in [-0.05, 0) is 36.1 Å². The summed E-state index contributed by atoms with van der Waals surface area (Å²) in [6.45, 7) is 7.44. The van der Waals surface area contributed by atoms with Crippen molar-refractivity contribution in [2.45, 2.75) is 38.0 Å². The van der Waals surface area contributed by atoms with Crippen molar-refractivity contribution in [2.24, 2.45) is 0 Å². The molecule has 1 aromatic heterocycles. The molecule has 0 amide bonds. The smallest absolute Gasteiger partial charge is 0.0569 e. The number of hydrogen-bond donors (Lipinski definition) is 0. The topological polar surface area (TPSA) is 12.9 Å². The van der Waals surface area contributed by atoms with E-state index in [1.54, 1.807) is 11.1 Å². The van der Waals surface area contributed by atoms with Gasteiger partial charge in [-0.2, -0.15) is 0 Å². The van der Waals surface area contributed by atoms with Crippen LogP contribution in [0.3, 0.4) is 0 Å². The lowest BCUT2D eigenvalue weighted by atomic mass is 10.0. The quantitative estimate of drug-likeness (QED) is 0.613. The van der Waals surface area contributed by atoms with Gasteiger partial charge in [-0.25, -0.2) is 0 Å². The van der Waals surface area contributed by atoms with Crippen molar-refractivity contribution in [1.29, 1.82) is 0 Å². The van der Waals surface area contributed by atoms with E-state index < -0.39 is 8.07 Å². The van der Waals surface area contributed by atoms with Crippen molar-refractivity contribution in [3.8, 4) is 0 Å². The van der Waals surface area contributed by atoms with Gasteiger partial charge in [0, 0.05) is 17.4 Å². The molecule has 1 atom stereocenters. The highest BCUT2D eigenvalue weighted by molar-refractivity contribution is 6.78. The van der Waals surface area contributed by atoms with Gasteiger partial charge in [0.15, 0.2) is 0 Å². The first-order valence-corrected chi connectivity index (χ1v) is 11.3. The number of pyridine rings is 1. The number of aromatic nitrogens is 1. The summed E-state index contributed by atoms with van der Waals surface area (Å²) in [6, 6.07) is 15.1. The summed E-state index contributed by atoms with van der Waals surface area (Å²) in [6.07, 6.45) is 6.49. The zero-order chi connectivity index (χ0) is 14.9. The Morgan fingerprint density at radius 3 is 2.26 bits per heavy atom. The van der Waals surface area contributed by atoms with Gasteiger partial charge >= 0.3 is 0 Å². The minimum atomic E-state index is -1.27. The molecule has 23 heavy (non-hydrogen) atoms. The number of halogens is 2. The molecule has 0 N–H and O–H groups in total. The number of fused-ring (bicyclic) bond motifs is 1. The average molecular weight is 366 g/mol. The Morgan fingerprint density at radius 1 is 0.913 bits per heavy atom. The highest BCUT2D eigenvalue weighted by Gasteiger charge is 2.35.